The fraction of sp³-hybridized carbons (Fsp3) is 1.00. The summed E-state index contributed by atoms with van der Waals surface area (Å²) in [5.74, 6) is 0.395. The predicted octanol–water partition coefficient (Wildman–Crippen LogP) is 1.06. The van der Waals surface area contributed by atoms with E-state index in [9.17, 15) is 10.2 Å². The molecule has 0 bridgehead atoms. The van der Waals surface area contributed by atoms with E-state index in [1.807, 2.05) is 0 Å². The van der Waals surface area contributed by atoms with Gasteiger partial charge in [0.05, 0.1) is 11.7 Å². The van der Waals surface area contributed by atoms with Crippen molar-refractivity contribution in [1.82, 2.24) is 0 Å². The minimum Gasteiger partial charge on any atom is -0.393 e. The second-order valence-electron chi connectivity index (χ2n) is 4.12. The van der Waals surface area contributed by atoms with Crippen molar-refractivity contribution >= 4 is 0 Å². The Kier molecular flexibility index (Phi) is 1.69. The Hall–Kier alpha value is -0.0800. The van der Waals surface area contributed by atoms with E-state index in [-0.39, 0.29) is 11.7 Å². The highest BCUT2D eigenvalue weighted by atomic mass is 16.3. The highest BCUT2D eigenvalue weighted by molar-refractivity contribution is 4.96. The lowest BCUT2D eigenvalue weighted by Gasteiger charge is -2.36. The zero-order valence-electron chi connectivity index (χ0n) is 6.79. The van der Waals surface area contributed by atoms with E-state index in [1.54, 1.807) is 0 Å². The van der Waals surface area contributed by atoms with Crippen LogP contribution in [0.1, 0.15) is 38.5 Å². The molecule has 64 valence electrons. The van der Waals surface area contributed by atoms with Gasteiger partial charge in [0, 0.05) is 0 Å². The van der Waals surface area contributed by atoms with Gasteiger partial charge in [-0.25, -0.2) is 0 Å². The maximum atomic E-state index is 10.0. The molecule has 2 N–H and O–H groups in total. The molecule has 3 unspecified atom stereocenters. The summed E-state index contributed by atoms with van der Waals surface area (Å²) in [4.78, 5) is 0. The van der Waals surface area contributed by atoms with E-state index in [1.165, 1.54) is 0 Å². The van der Waals surface area contributed by atoms with Gasteiger partial charge in [0.2, 0.25) is 0 Å². The monoisotopic (exact) mass is 156 g/mol. The molecule has 0 saturated heterocycles. The minimum absolute atomic E-state index is 0.140. The third-order valence-electron chi connectivity index (χ3n) is 3.39. The van der Waals surface area contributed by atoms with Crippen LogP contribution in [0, 0.1) is 5.92 Å². The molecule has 2 rings (SSSR count). The molecular formula is C9H16O2. The molecule has 2 fully saturated rings. The summed E-state index contributed by atoms with van der Waals surface area (Å²) in [6.07, 6.45) is 5.53. The van der Waals surface area contributed by atoms with Crippen LogP contribution in [0.15, 0.2) is 0 Å². The molecule has 0 spiro atoms. The average molecular weight is 156 g/mol. The Morgan fingerprint density at radius 2 is 2.00 bits per heavy atom. The molecule has 2 aliphatic rings. The van der Waals surface area contributed by atoms with Crippen LogP contribution in [0.25, 0.3) is 0 Å². The molecule has 2 aliphatic carbocycles. The number of fused-ring (bicyclic) bond motifs is 1. The second kappa shape index (κ2) is 2.46. The predicted molar refractivity (Wildman–Crippen MR) is 42.1 cm³/mol. The van der Waals surface area contributed by atoms with E-state index in [0.29, 0.717) is 5.92 Å². The molecule has 2 heteroatoms. The molecule has 0 aliphatic heterocycles. The van der Waals surface area contributed by atoms with Crippen LogP contribution >= 0.6 is 0 Å². The molecule has 0 amide bonds. The molecule has 0 radical (unpaired) electrons. The largest absolute Gasteiger partial charge is 0.393 e. The van der Waals surface area contributed by atoms with Gasteiger partial charge in [-0.15, -0.1) is 0 Å². The summed E-state index contributed by atoms with van der Waals surface area (Å²) in [6.45, 7) is 0. The zero-order valence-corrected chi connectivity index (χ0v) is 6.79. The van der Waals surface area contributed by atoms with Crippen molar-refractivity contribution in [3.05, 3.63) is 0 Å². The molecular weight excluding hydrogens is 140 g/mol. The topological polar surface area (TPSA) is 40.5 Å². The molecule has 0 heterocycles. The van der Waals surface area contributed by atoms with Gasteiger partial charge in [-0.1, -0.05) is 6.42 Å². The normalized spacial score (nSPS) is 50.7. The van der Waals surface area contributed by atoms with Gasteiger partial charge in [-0.3, -0.25) is 0 Å². The highest BCUT2D eigenvalue weighted by Gasteiger charge is 2.44. The van der Waals surface area contributed by atoms with Crippen molar-refractivity contribution < 1.29 is 10.2 Å². The third kappa shape index (κ3) is 1.18. The summed E-state index contributed by atoms with van der Waals surface area (Å²) in [7, 11) is 0. The van der Waals surface area contributed by atoms with Crippen LogP contribution < -0.4 is 0 Å². The average Bonchev–Trinajstić information content (AvgIpc) is 2.31. The highest BCUT2D eigenvalue weighted by Crippen LogP contribution is 2.45. The molecule has 0 aromatic heterocycles. The number of hydrogen-bond acceptors (Lipinski definition) is 2. The summed E-state index contributed by atoms with van der Waals surface area (Å²) in [5, 5.41) is 19.4. The van der Waals surface area contributed by atoms with Crippen molar-refractivity contribution in [2.24, 2.45) is 5.92 Å². The lowest BCUT2D eigenvalue weighted by molar-refractivity contribution is -0.0618. The molecule has 2 nitrogen and oxygen atoms in total. The molecule has 0 aromatic carbocycles. The van der Waals surface area contributed by atoms with E-state index in [0.717, 1.165) is 38.5 Å². The van der Waals surface area contributed by atoms with Crippen molar-refractivity contribution in [3.8, 4) is 0 Å². The lowest BCUT2D eigenvalue weighted by Crippen LogP contribution is -2.40. The number of aliphatic hydroxyl groups excluding tert-OH is 1. The molecule has 11 heavy (non-hydrogen) atoms. The first-order valence-corrected chi connectivity index (χ1v) is 4.61. The lowest BCUT2D eigenvalue weighted by atomic mass is 9.76. The number of rotatable bonds is 0. The fourth-order valence-electron chi connectivity index (χ4n) is 2.66. The van der Waals surface area contributed by atoms with E-state index >= 15 is 0 Å². The standard InChI is InChI=1S/C9H16O2/c10-8-3-5-9(11)4-1-2-7(9)6-8/h7-8,10-11H,1-6H2. The summed E-state index contributed by atoms with van der Waals surface area (Å²) < 4.78 is 0. The van der Waals surface area contributed by atoms with Crippen LogP contribution in [-0.4, -0.2) is 21.9 Å². The van der Waals surface area contributed by atoms with Gasteiger partial charge >= 0.3 is 0 Å². The first-order chi connectivity index (χ1) is 5.21. The fourth-order valence-corrected chi connectivity index (χ4v) is 2.66. The SMILES string of the molecule is OC1CCC2(O)CCCC2C1. The van der Waals surface area contributed by atoms with Crippen LogP contribution in [0.4, 0.5) is 0 Å². The van der Waals surface area contributed by atoms with Gasteiger partial charge in [0.25, 0.3) is 0 Å². The zero-order chi connectivity index (χ0) is 7.90. The van der Waals surface area contributed by atoms with Gasteiger partial charge in [-0.2, -0.15) is 0 Å². The quantitative estimate of drug-likeness (QED) is 0.550. The first-order valence-electron chi connectivity index (χ1n) is 4.61. The Balaban J connectivity index is 2.08. The van der Waals surface area contributed by atoms with E-state index in [2.05, 4.69) is 0 Å². The van der Waals surface area contributed by atoms with Crippen molar-refractivity contribution in [2.75, 3.05) is 0 Å². The van der Waals surface area contributed by atoms with Crippen molar-refractivity contribution in [3.63, 3.8) is 0 Å². The Morgan fingerprint density at radius 3 is 2.82 bits per heavy atom. The van der Waals surface area contributed by atoms with E-state index < -0.39 is 0 Å². The maximum absolute atomic E-state index is 10.0. The molecule has 2 saturated carbocycles. The van der Waals surface area contributed by atoms with Crippen molar-refractivity contribution in [2.45, 2.75) is 50.2 Å². The Bertz CT molecular complexity index is 158. The molecule has 3 atom stereocenters. The maximum Gasteiger partial charge on any atom is 0.0677 e. The smallest absolute Gasteiger partial charge is 0.0677 e. The minimum atomic E-state index is -0.390. The Morgan fingerprint density at radius 1 is 1.18 bits per heavy atom. The van der Waals surface area contributed by atoms with Crippen LogP contribution in [-0.2, 0) is 0 Å². The van der Waals surface area contributed by atoms with Crippen LogP contribution in [0.5, 0.6) is 0 Å². The van der Waals surface area contributed by atoms with Crippen LogP contribution in [0.2, 0.25) is 0 Å². The van der Waals surface area contributed by atoms with E-state index in [4.69, 9.17) is 0 Å². The first kappa shape index (κ1) is 7.56. The summed E-state index contributed by atoms with van der Waals surface area (Å²) in [6, 6.07) is 0. The third-order valence-corrected chi connectivity index (χ3v) is 3.39. The van der Waals surface area contributed by atoms with Gasteiger partial charge in [-0.05, 0) is 38.0 Å². The van der Waals surface area contributed by atoms with Gasteiger partial charge in [0.1, 0.15) is 0 Å². The van der Waals surface area contributed by atoms with Crippen LogP contribution in [0.3, 0.4) is 0 Å². The number of hydrogen-bond donors (Lipinski definition) is 2. The second-order valence-corrected chi connectivity index (χ2v) is 4.12. The molecule has 0 aromatic rings. The van der Waals surface area contributed by atoms with Gasteiger partial charge < -0.3 is 10.2 Å². The summed E-state index contributed by atoms with van der Waals surface area (Å²) in [5.41, 5.74) is -0.390. The summed E-state index contributed by atoms with van der Waals surface area (Å²) >= 11 is 0. The van der Waals surface area contributed by atoms with Gasteiger partial charge in [0.15, 0.2) is 0 Å². The van der Waals surface area contributed by atoms with Crippen molar-refractivity contribution in [1.29, 1.82) is 0 Å². The Labute approximate surface area is 67.2 Å². The number of aliphatic hydroxyl groups is 2.